The first-order chi connectivity index (χ1) is 6.50. The smallest absolute Gasteiger partial charge is 0.142 e. The number of carbonyl (C=O) groups is 1. The molecule has 3 heteroatoms. The van der Waals surface area contributed by atoms with Crippen molar-refractivity contribution in [3.05, 3.63) is 29.3 Å². The first-order valence-corrected chi connectivity index (χ1v) is 5.77. The topological polar surface area (TPSA) is 34.1 Å². The van der Waals surface area contributed by atoms with Crippen LogP contribution in [-0.2, 0) is 15.6 Å². The van der Waals surface area contributed by atoms with Gasteiger partial charge in [0.1, 0.15) is 5.78 Å². The normalized spacial score (nSPS) is 12.5. The minimum atomic E-state index is -1.18. The molecule has 0 saturated carbocycles. The Morgan fingerprint density at radius 1 is 1.36 bits per heavy atom. The summed E-state index contributed by atoms with van der Waals surface area (Å²) >= 11 is 0. The van der Waals surface area contributed by atoms with Gasteiger partial charge in [0.05, 0.1) is 16.6 Å². The van der Waals surface area contributed by atoms with Gasteiger partial charge in [0.2, 0.25) is 0 Å². The van der Waals surface area contributed by atoms with E-state index < -0.39 is 10.8 Å². The predicted molar refractivity (Wildman–Crippen MR) is 57.9 cm³/mol. The van der Waals surface area contributed by atoms with E-state index >= 15 is 0 Å². The molecule has 1 aromatic rings. The molecule has 0 aliphatic rings. The fourth-order valence-corrected chi connectivity index (χ4v) is 2.48. The summed E-state index contributed by atoms with van der Waals surface area (Å²) in [5, 5.41) is 0. The minimum Gasteiger partial charge on any atom is -0.299 e. The molecule has 0 heterocycles. The molecule has 14 heavy (non-hydrogen) atoms. The van der Waals surface area contributed by atoms with Gasteiger partial charge in [-0.1, -0.05) is 12.1 Å². The highest BCUT2D eigenvalue weighted by atomic mass is 32.2. The maximum absolute atomic E-state index is 11.7. The molecular weight excluding hydrogens is 196 g/mol. The van der Waals surface area contributed by atoms with Crippen molar-refractivity contribution >= 4 is 16.6 Å². The lowest BCUT2D eigenvalue weighted by Gasteiger charge is -2.05. The average Bonchev–Trinajstić information content (AvgIpc) is 2.08. The van der Waals surface area contributed by atoms with Gasteiger partial charge >= 0.3 is 0 Å². The number of hydrogen-bond donors (Lipinski definition) is 0. The maximum Gasteiger partial charge on any atom is 0.142 e. The summed E-state index contributed by atoms with van der Waals surface area (Å²) < 4.78 is 11.7. The highest BCUT2D eigenvalue weighted by Gasteiger charge is 2.09. The van der Waals surface area contributed by atoms with Crippen LogP contribution in [0.15, 0.2) is 23.1 Å². The Labute approximate surface area is 86.8 Å². The summed E-state index contributed by atoms with van der Waals surface area (Å²) in [5.74, 6) is 0.0776. The Balaban J connectivity index is 3.00. The quantitative estimate of drug-likeness (QED) is 0.764. The fraction of sp³-hybridized carbons (Fsp3) is 0.364. The lowest BCUT2D eigenvalue weighted by atomic mass is 10.2. The molecule has 1 unspecified atom stereocenters. The molecule has 76 valence electrons. The molecule has 0 aliphatic heterocycles. The number of Topliss-reactive ketones (excluding diaryl/α,β-unsaturated/α-hetero) is 1. The lowest BCUT2D eigenvalue weighted by molar-refractivity contribution is -0.114. The molecule has 1 atom stereocenters. The number of rotatable bonds is 3. The molecule has 1 aromatic carbocycles. The Bertz CT molecular complexity index is 383. The van der Waals surface area contributed by atoms with Gasteiger partial charge in [-0.05, 0) is 38.0 Å². The van der Waals surface area contributed by atoms with Gasteiger partial charge in [0.25, 0.3) is 0 Å². The molecule has 0 bridgehead atoms. The van der Waals surface area contributed by atoms with Gasteiger partial charge in [0.15, 0.2) is 0 Å². The van der Waals surface area contributed by atoms with Crippen molar-refractivity contribution in [1.82, 2.24) is 0 Å². The van der Waals surface area contributed by atoms with E-state index in [0.29, 0.717) is 0 Å². The second kappa shape index (κ2) is 4.51. The molecule has 0 aromatic heterocycles. The van der Waals surface area contributed by atoms with Gasteiger partial charge in [0, 0.05) is 4.90 Å². The molecule has 0 radical (unpaired) electrons. The van der Waals surface area contributed by atoms with Crippen molar-refractivity contribution < 1.29 is 9.00 Å². The first-order valence-electron chi connectivity index (χ1n) is 4.46. The van der Waals surface area contributed by atoms with Crippen molar-refractivity contribution in [3.8, 4) is 0 Å². The molecular formula is C11H14O2S. The summed E-state index contributed by atoms with van der Waals surface area (Å²) in [6.07, 6.45) is 0. The van der Waals surface area contributed by atoms with Gasteiger partial charge in [-0.3, -0.25) is 9.00 Å². The second-order valence-electron chi connectivity index (χ2n) is 3.46. The number of benzene rings is 1. The zero-order valence-electron chi connectivity index (χ0n) is 8.66. The van der Waals surface area contributed by atoms with E-state index in [1.54, 1.807) is 0 Å². The second-order valence-corrected chi connectivity index (χ2v) is 4.88. The van der Waals surface area contributed by atoms with Crippen LogP contribution in [-0.4, -0.2) is 15.7 Å². The molecule has 0 aliphatic carbocycles. The lowest BCUT2D eigenvalue weighted by Crippen LogP contribution is -2.07. The van der Waals surface area contributed by atoms with Gasteiger partial charge < -0.3 is 0 Å². The number of hydrogen-bond acceptors (Lipinski definition) is 2. The van der Waals surface area contributed by atoms with E-state index in [0.717, 1.165) is 16.0 Å². The van der Waals surface area contributed by atoms with Crippen LogP contribution in [0, 0.1) is 13.8 Å². The molecule has 1 rings (SSSR count). The van der Waals surface area contributed by atoms with E-state index in [2.05, 4.69) is 0 Å². The van der Waals surface area contributed by atoms with Crippen LogP contribution in [0.1, 0.15) is 18.1 Å². The van der Waals surface area contributed by atoms with Crippen LogP contribution >= 0.6 is 0 Å². The third-order valence-corrected chi connectivity index (χ3v) is 3.52. The maximum atomic E-state index is 11.7. The van der Waals surface area contributed by atoms with Crippen molar-refractivity contribution in [1.29, 1.82) is 0 Å². The predicted octanol–water partition coefficient (Wildman–Crippen LogP) is 2.00. The van der Waals surface area contributed by atoms with E-state index in [1.807, 2.05) is 32.0 Å². The SMILES string of the molecule is CC(=O)CS(=O)c1cc(C)ccc1C. The Kier molecular flexibility index (Phi) is 3.58. The molecule has 0 spiro atoms. The summed E-state index contributed by atoms with van der Waals surface area (Å²) in [7, 11) is -1.18. The molecule has 0 saturated heterocycles. The Morgan fingerprint density at radius 2 is 2.00 bits per heavy atom. The third kappa shape index (κ3) is 2.77. The number of aryl methyl sites for hydroxylation is 2. The van der Waals surface area contributed by atoms with E-state index in [1.165, 1.54) is 6.92 Å². The largest absolute Gasteiger partial charge is 0.299 e. The van der Waals surface area contributed by atoms with Crippen LogP contribution in [0.5, 0.6) is 0 Å². The highest BCUT2D eigenvalue weighted by Crippen LogP contribution is 2.15. The van der Waals surface area contributed by atoms with Gasteiger partial charge in [-0.15, -0.1) is 0 Å². The van der Waals surface area contributed by atoms with Crippen LogP contribution in [0.2, 0.25) is 0 Å². The van der Waals surface area contributed by atoms with E-state index in [4.69, 9.17) is 0 Å². The van der Waals surface area contributed by atoms with Crippen LogP contribution in [0.4, 0.5) is 0 Å². The standard InChI is InChI=1S/C11H14O2S/c1-8-4-5-9(2)11(6-8)14(13)7-10(3)12/h4-6H,7H2,1-3H3. The monoisotopic (exact) mass is 210 g/mol. The van der Waals surface area contributed by atoms with Crippen molar-refractivity contribution in [3.63, 3.8) is 0 Å². The van der Waals surface area contributed by atoms with Crippen molar-refractivity contribution in [2.24, 2.45) is 0 Å². The third-order valence-electron chi connectivity index (χ3n) is 1.92. The molecule has 0 amide bonds. The van der Waals surface area contributed by atoms with E-state index in [-0.39, 0.29) is 11.5 Å². The van der Waals surface area contributed by atoms with Crippen LogP contribution < -0.4 is 0 Å². The number of ketones is 1. The molecule has 2 nitrogen and oxygen atoms in total. The average molecular weight is 210 g/mol. The highest BCUT2D eigenvalue weighted by molar-refractivity contribution is 7.85. The molecule has 0 fully saturated rings. The summed E-state index contributed by atoms with van der Waals surface area (Å²) in [5.41, 5.74) is 2.05. The Hall–Kier alpha value is -0.960. The summed E-state index contributed by atoms with van der Waals surface area (Å²) in [6, 6.07) is 5.79. The zero-order chi connectivity index (χ0) is 10.7. The summed E-state index contributed by atoms with van der Waals surface area (Å²) in [6.45, 7) is 5.32. The minimum absolute atomic E-state index is 0.0377. The fourth-order valence-electron chi connectivity index (χ4n) is 1.21. The van der Waals surface area contributed by atoms with Crippen molar-refractivity contribution in [2.45, 2.75) is 25.7 Å². The number of carbonyl (C=O) groups excluding carboxylic acids is 1. The Morgan fingerprint density at radius 3 is 2.57 bits per heavy atom. The summed E-state index contributed by atoms with van der Waals surface area (Å²) in [4.78, 5) is 11.6. The first kappa shape index (κ1) is 11.1. The van der Waals surface area contributed by atoms with Crippen LogP contribution in [0.3, 0.4) is 0 Å². The zero-order valence-corrected chi connectivity index (χ0v) is 9.48. The van der Waals surface area contributed by atoms with E-state index in [9.17, 15) is 9.00 Å². The van der Waals surface area contributed by atoms with Gasteiger partial charge in [-0.2, -0.15) is 0 Å². The van der Waals surface area contributed by atoms with Gasteiger partial charge in [-0.25, -0.2) is 0 Å². The van der Waals surface area contributed by atoms with Crippen molar-refractivity contribution in [2.75, 3.05) is 5.75 Å². The molecule has 0 N–H and O–H groups in total. The van der Waals surface area contributed by atoms with Crippen LogP contribution in [0.25, 0.3) is 0 Å².